The molecule has 0 fully saturated rings. The summed E-state index contributed by atoms with van der Waals surface area (Å²) >= 11 is 0. The third kappa shape index (κ3) is 3.78. The van der Waals surface area contributed by atoms with Crippen LogP contribution in [0.5, 0.6) is 0 Å². The van der Waals surface area contributed by atoms with Gasteiger partial charge in [-0.15, -0.1) is 0 Å². The number of rotatable bonds is 6. The van der Waals surface area contributed by atoms with Crippen molar-refractivity contribution in [2.75, 3.05) is 5.73 Å². The first-order valence-electron chi connectivity index (χ1n) is 8.57. The minimum Gasteiger partial charge on any atom is -0.398 e. The Bertz CT molecular complexity index is 793. The number of hydrogen-bond acceptors (Lipinski definition) is 3. The molecule has 0 spiro atoms. The van der Waals surface area contributed by atoms with Crippen molar-refractivity contribution in [2.45, 2.75) is 53.1 Å². The molecule has 2 rings (SSSR count). The first kappa shape index (κ1) is 18.0. The van der Waals surface area contributed by atoms with Gasteiger partial charge in [0.25, 0.3) is 5.91 Å². The summed E-state index contributed by atoms with van der Waals surface area (Å²) in [6.07, 6.45) is 3.44. The van der Waals surface area contributed by atoms with E-state index in [2.05, 4.69) is 19.2 Å². The molecule has 1 atom stereocenters. The van der Waals surface area contributed by atoms with Crippen LogP contribution in [0.15, 0.2) is 29.2 Å². The van der Waals surface area contributed by atoms with Gasteiger partial charge in [0.2, 0.25) is 5.43 Å². The van der Waals surface area contributed by atoms with E-state index >= 15 is 0 Å². The standard InChI is InChI=1S/C19H27N3O2/c1-5-13(4)21-19(24)14-11-22(10-9-12(2)3)16-8-6-7-15(20)17(16)18(14)23/h6-8,11-13H,5,9-10,20H2,1-4H3,(H,21,24). The van der Waals surface area contributed by atoms with Crippen LogP contribution in [0.1, 0.15) is 50.9 Å². The molecule has 0 radical (unpaired) electrons. The first-order valence-corrected chi connectivity index (χ1v) is 8.57. The van der Waals surface area contributed by atoms with E-state index < -0.39 is 0 Å². The van der Waals surface area contributed by atoms with Crippen LogP contribution in [-0.2, 0) is 6.54 Å². The number of nitrogens with zero attached hydrogens (tertiary/aromatic N) is 1. The molecule has 5 nitrogen and oxygen atoms in total. The maximum Gasteiger partial charge on any atom is 0.256 e. The number of nitrogens with two attached hydrogens (primary N) is 1. The zero-order chi connectivity index (χ0) is 17.9. The van der Waals surface area contributed by atoms with Gasteiger partial charge in [0.15, 0.2) is 0 Å². The lowest BCUT2D eigenvalue weighted by atomic mass is 10.1. The van der Waals surface area contributed by atoms with E-state index in [0.717, 1.165) is 24.9 Å². The Morgan fingerprint density at radius 1 is 1.29 bits per heavy atom. The van der Waals surface area contributed by atoms with Gasteiger partial charge in [-0.3, -0.25) is 9.59 Å². The number of carbonyl (C=O) groups excluding carboxylic acids is 1. The fourth-order valence-electron chi connectivity index (χ4n) is 2.61. The number of benzene rings is 1. The monoisotopic (exact) mass is 329 g/mol. The highest BCUT2D eigenvalue weighted by Gasteiger charge is 2.18. The van der Waals surface area contributed by atoms with E-state index in [1.165, 1.54) is 0 Å². The van der Waals surface area contributed by atoms with Gasteiger partial charge >= 0.3 is 0 Å². The number of nitrogen functional groups attached to an aromatic ring is 1. The van der Waals surface area contributed by atoms with Crippen molar-refractivity contribution in [1.29, 1.82) is 0 Å². The molecule has 24 heavy (non-hydrogen) atoms. The van der Waals surface area contributed by atoms with Gasteiger partial charge < -0.3 is 15.6 Å². The quantitative estimate of drug-likeness (QED) is 0.799. The van der Waals surface area contributed by atoms with E-state index in [4.69, 9.17) is 5.73 Å². The summed E-state index contributed by atoms with van der Waals surface area (Å²) in [5, 5.41) is 3.30. The van der Waals surface area contributed by atoms with Gasteiger partial charge in [0.05, 0.1) is 10.9 Å². The van der Waals surface area contributed by atoms with Crippen LogP contribution >= 0.6 is 0 Å². The molecule has 0 bridgehead atoms. The lowest BCUT2D eigenvalue weighted by Gasteiger charge is -2.17. The predicted octanol–water partition coefficient (Wildman–Crippen LogP) is 3.16. The van der Waals surface area contributed by atoms with Gasteiger partial charge in [0.1, 0.15) is 5.56 Å². The molecular formula is C19H27N3O2. The van der Waals surface area contributed by atoms with Crippen LogP contribution in [0, 0.1) is 5.92 Å². The van der Waals surface area contributed by atoms with Gasteiger partial charge in [-0.05, 0) is 37.8 Å². The predicted molar refractivity (Wildman–Crippen MR) is 99.3 cm³/mol. The smallest absolute Gasteiger partial charge is 0.256 e. The topological polar surface area (TPSA) is 77.1 Å². The van der Waals surface area contributed by atoms with E-state index in [0.29, 0.717) is 17.0 Å². The van der Waals surface area contributed by atoms with E-state index in [9.17, 15) is 9.59 Å². The maximum atomic E-state index is 12.8. The van der Waals surface area contributed by atoms with E-state index in [1.54, 1.807) is 12.3 Å². The summed E-state index contributed by atoms with van der Waals surface area (Å²) in [7, 11) is 0. The molecule has 1 amide bonds. The molecule has 3 N–H and O–H groups in total. The molecule has 2 aromatic rings. The average Bonchev–Trinajstić information content (AvgIpc) is 2.53. The van der Waals surface area contributed by atoms with Crippen molar-refractivity contribution in [3.63, 3.8) is 0 Å². The molecule has 1 aromatic heterocycles. The number of aryl methyl sites for hydroxylation is 1. The summed E-state index contributed by atoms with van der Waals surface area (Å²) in [6.45, 7) is 8.95. The van der Waals surface area contributed by atoms with Crippen molar-refractivity contribution in [1.82, 2.24) is 9.88 Å². The Morgan fingerprint density at radius 2 is 2.00 bits per heavy atom. The Morgan fingerprint density at radius 3 is 2.62 bits per heavy atom. The molecule has 0 aliphatic carbocycles. The average molecular weight is 329 g/mol. The number of amides is 1. The Labute approximate surface area is 142 Å². The molecular weight excluding hydrogens is 302 g/mol. The Balaban J connectivity index is 2.59. The highest BCUT2D eigenvalue weighted by molar-refractivity contribution is 6.00. The number of carbonyl (C=O) groups is 1. The Hall–Kier alpha value is -2.30. The summed E-state index contributed by atoms with van der Waals surface area (Å²) in [5.74, 6) is 0.190. The van der Waals surface area contributed by atoms with Crippen LogP contribution in [0.3, 0.4) is 0 Å². The number of fused-ring (bicyclic) bond motifs is 1. The summed E-state index contributed by atoms with van der Waals surface area (Å²) < 4.78 is 1.97. The van der Waals surface area contributed by atoms with Crippen molar-refractivity contribution in [2.24, 2.45) is 5.92 Å². The molecule has 1 aromatic carbocycles. The van der Waals surface area contributed by atoms with Crippen molar-refractivity contribution < 1.29 is 4.79 Å². The normalized spacial score (nSPS) is 12.5. The minimum atomic E-state index is -0.335. The first-order chi connectivity index (χ1) is 11.3. The number of nitrogens with one attached hydrogen (secondary N) is 1. The minimum absolute atomic E-state index is 0.0184. The maximum absolute atomic E-state index is 12.8. The SMILES string of the molecule is CCC(C)NC(=O)c1cn(CCC(C)C)c2cccc(N)c2c1=O. The molecule has 0 saturated carbocycles. The van der Waals surface area contributed by atoms with Crippen molar-refractivity contribution in [3.05, 3.63) is 40.2 Å². The van der Waals surface area contributed by atoms with Gasteiger partial charge in [-0.1, -0.05) is 26.8 Å². The molecule has 0 saturated heterocycles. The van der Waals surface area contributed by atoms with Crippen LogP contribution in [0.2, 0.25) is 0 Å². The second kappa shape index (κ2) is 7.51. The highest BCUT2D eigenvalue weighted by atomic mass is 16.2. The van der Waals surface area contributed by atoms with Crippen LogP contribution in [0.25, 0.3) is 10.9 Å². The van der Waals surface area contributed by atoms with E-state index in [-0.39, 0.29) is 22.9 Å². The molecule has 5 heteroatoms. The number of hydrogen-bond donors (Lipinski definition) is 2. The van der Waals surface area contributed by atoms with E-state index in [1.807, 2.05) is 30.5 Å². The largest absolute Gasteiger partial charge is 0.398 e. The molecule has 130 valence electrons. The fraction of sp³-hybridized carbons (Fsp3) is 0.474. The number of anilines is 1. The van der Waals surface area contributed by atoms with Crippen LogP contribution in [0.4, 0.5) is 5.69 Å². The number of aromatic nitrogens is 1. The Kier molecular flexibility index (Phi) is 5.65. The molecule has 0 aliphatic heterocycles. The highest BCUT2D eigenvalue weighted by Crippen LogP contribution is 2.19. The second-order valence-electron chi connectivity index (χ2n) is 6.77. The third-order valence-corrected chi connectivity index (χ3v) is 4.32. The van der Waals surface area contributed by atoms with Crippen molar-refractivity contribution >= 4 is 22.5 Å². The molecule has 1 heterocycles. The molecule has 0 aliphatic rings. The zero-order valence-corrected chi connectivity index (χ0v) is 14.9. The summed E-state index contributed by atoms with van der Waals surface area (Å²) in [6, 6.07) is 5.43. The number of pyridine rings is 1. The summed E-state index contributed by atoms with van der Waals surface area (Å²) in [4.78, 5) is 25.3. The van der Waals surface area contributed by atoms with Gasteiger partial charge in [-0.25, -0.2) is 0 Å². The molecule has 1 unspecified atom stereocenters. The second-order valence-corrected chi connectivity index (χ2v) is 6.77. The zero-order valence-electron chi connectivity index (χ0n) is 14.9. The van der Waals surface area contributed by atoms with Crippen LogP contribution in [-0.4, -0.2) is 16.5 Å². The van der Waals surface area contributed by atoms with Crippen LogP contribution < -0.4 is 16.5 Å². The fourth-order valence-corrected chi connectivity index (χ4v) is 2.61. The third-order valence-electron chi connectivity index (χ3n) is 4.32. The van der Waals surface area contributed by atoms with Gasteiger partial charge in [0, 0.05) is 24.5 Å². The lowest BCUT2D eigenvalue weighted by molar-refractivity contribution is 0.0937. The van der Waals surface area contributed by atoms with Gasteiger partial charge in [-0.2, -0.15) is 0 Å². The van der Waals surface area contributed by atoms with Crippen molar-refractivity contribution in [3.8, 4) is 0 Å². The lowest BCUT2D eigenvalue weighted by Crippen LogP contribution is -2.35. The summed E-state index contributed by atoms with van der Waals surface area (Å²) in [5.41, 5.74) is 7.08.